The molecule has 0 unspecified atom stereocenters. The van der Waals surface area contributed by atoms with Gasteiger partial charge in [-0.1, -0.05) is 23.7 Å². The molecule has 0 aliphatic heterocycles. The summed E-state index contributed by atoms with van der Waals surface area (Å²) in [6.07, 6.45) is 1.77. The van der Waals surface area contributed by atoms with Crippen molar-refractivity contribution >= 4 is 29.3 Å². The van der Waals surface area contributed by atoms with Gasteiger partial charge in [0.25, 0.3) is 0 Å². The molecule has 0 spiro atoms. The lowest BCUT2D eigenvalue weighted by molar-refractivity contribution is -0.141. The van der Waals surface area contributed by atoms with Crippen molar-refractivity contribution in [1.82, 2.24) is 5.32 Å². The second-order valence-electron chi connectivity index (χ2n) is 4.62. The minimum atomic E-state index is -0.796. The number of carbonyl (C=O) groups excluding carboxylic acids is 1. The van der Waals surface area contributed by atoms with Gasteiger partial charge >= 0.3 is 12.0 Å². The van der Waals surface area contributed by atoms with Gasteiger partial charge in [-0.15, -0.1) is 0 Å². The Kier molecular flexibility index (Phi) is 4.27. The number of para-hydroxylation sites is 1. The van der Waals surface area contributed by atoms with Gasteiger partial charge in [0.15, 0.2) is 0 Å². The summed E-state index contributed by atoms with van der Waals surface area (Å²) in [5.74, 6) is -1.15. The van der Waals surface area contributed by atoms with Gasteiger partial charge in [0.2, 0.25) is 0 Å². The Morgan fingerprint density at radius 3 is 2.63 bits per heavy atom. The van der Waals surface area contributed by atoms with Gasteiger partial charge in [0, 0.05) is 6.04 Å². The summed E-state index contributed by atoms with van der Waals surface area (Å²) >= 11 is 5.93. The van der Waals surface area contributed by atoms with Gasteiger partial charge in [-0.2, -0.15) is 0 Å². The summed E-state index contributed by atoms with van der Waals surface area (Å²) in [4.78, 5) is 22.6. The van der Waals surface area contributed by atoms with Crippen LogP contribution in [0.4, 0.5) is 10.5 Å². The molecule has 0 radical (unpaired) electrons. The summed E-state index contributed by atoms with van der Waals surface area (Å²) in [5.41, 5.74) is 0.537. The second-order valence-corrected chi connectivity index (χ2v) is 5.03. The van der Waals surface area contributed by atoms with E-state index < -0.39 is 5.97 Å². The number of urea groups is 1. The Balaban J connectivity index is 1.86. The predicted octanol–water partition coefficient (Wildman–Crippen LogP) is 2.71. The molecule has 5 nitrogen and oxygen atoms in total. The van der Waals surface area contributed by atoms with Crippen LogP contribution < -0.4 is 10.6 Å². The molecule has 2 atom stereocenters. The fourth-order valence-electron chi connectivity index (χ4n) is 2.24. The second kappa shape index (κ2) is 5.93. The van der Waals surface area contributed by atoms with Crippen molar-refractivity contribution in [3.63, 3.8) is 0 Å². The number of aliphatic carboxylic acids is 1. The van der Waals surface area contributed by atoms with Crippen LogP contribution in [0, 0.1) is 5.92 Å². The fraction of sp³-hybridized carbons (Fsp3) is 0.385. The number of rotatable bonds is 3. The molecule has 1 fully saturated rings. The molecular weight excluding hydrogens is 268 g/mol. The monoisotopic (exact) mass is 282 g/mol. The number of benzene rings is 1. The van der Waals surface area contributed by atoms with Crippen LogP contribution in [0.5, 0.6) is 0 Å². The molecule has 1 aliphatic carbocycles. The number of amides is 2. The Bertz CT molecular complexity index is 493. The highest BCUT2D eigenvalue weighted by Crippen LogP contribution is 2.26. The van der Waals surface area contributed by atoms with Crippen LogP contribution in [0.1, 0.15) is 19.3 Å². The number of hydrogen-bond donors (Lipinski definition) is 3. The average molecular weight is 283 g/mol. The molecule has 0 bridgehead atoms. The molecule has 2 amide bonds. The third-order valence-corrected chi connectivity index (χ3v) is 3.57. The number of carboxylic acid groups (broad SMARTS) is 1. The zero-order chi connectivity index (χ0) is 13.8. The van der Waals surface area contributed by atoms with E-state index >= 15 is 0 Å². The number of carbonyl (C=O) groups is 2. The molecule has 1 aromatic rings. The van der Waals surface area contributed by atoms with Gasteiger partial charge in [0.05, 0.1) is 16.6 Å². The molecule has 1 saturated carbocycles. The minimum Gasteiger partial charge on any atom is -0.481 e. The van der Waals surface area contributed by atoms with Crippen LogP contribution in [-0.4, -0.2) is 23.1 Å². The van der Waals surface area contributed by atoms with Gasteiger partial charge in [0.1, 0.15) is 0 Å². The van der Waals surface area contributed by atoms with Crippen LogP contribution in [0.25, 0.3) is 0 Å². The SMILES string of the molecule is O=C(Nc1ccccc1Cl)N[C@H]1CC[C@@H](C(=O)O)C1. The number of anilines is 1. The maximum Gasteiger partial charge on any atom is 0.319 e. The molecule has 1 aliphatic rings. The van der Waals surface area contributed by atoms with Crippen molar-refractivity contribution in [2.45, 2.75) is 25.3 Å². The van der Waals surface area contributed by atoms with E-state index in [0.29, 0.717) is 30.0 Å². The van der Waals surface area contributed by atoms with Crippen LogP contribution in [0.3, 0.4) is 0 Å². The number of nitrogens with one attached hydrogen (secondary N) is 2. The third kappa shape index (κ3) is 3.61. The van der Waals surface area contributed by atoms with Gasteiger partial charge < -0.3 is 15.7 Å². The minimum absolute atomic E-state index is 0.0939. The maximum atomic E-state index is 11.8. The Morgan fingerprint density at radius 1 is 1.26 bits per heavy atom. The Morgan fingerprint density at radius 2 is 2.00 bits per heavy atom. The molecule has 3 N–H and O–H groups in total. The molecule has 1 aromatic carbocycles. The van der Waals surface area contributed by atoms with E-state index in [2.05, 4.69) is 10.6 Å². The normalized spacial score (nSPS) is 21.9. The summed E-state index contributed by atoms with van der Waals surface area (Å²) in [7, 11) is 0. The summed E-state index contributed by atoms with van der Waals surface area (Å²) in [6.45, 7) is 0. The highest BCUT2D eigenvalue weighted by atomic mass is 35.5. The summed E-state index contributed by atoms with van der Waals surface area (Å²) in [6, 6.07) is 6.49. The molecule has 0 saturated heterocycles. The van der Waals surface area contributed by atoms with Crippen molar-refractivity contribution in [2.75, 3.05) is 5.32 Å². The van der Waals surface area contributed by atoms with Crippen molar-refractivity contribution in [3.8, 4) is 0 Å². The van der Waals surface area contributed by atoms with E-state index in [-0.39, 0.29) is 18.0 Å². The van der Waals surface area contributed by atoms with Crippen LogP contribution in [0.15, 0.2) is 24.3 Å². The Labute approximate surface area is 116 Å². The quantitative estimate of drug-likeness (QED) is 0.797. The topological polar surface area (TPSA) is 78.4 Å². The first-order chi connectivity index (χ1) is 9.06. The highest BCUT2D eigenvalue weighted by molar-refractivity contribution is 6.33. The largest absolute Gasteiger partial charge is 0.481 e. The predicted molar refractivity (Wildman–Crippen MR) is 72.4 cm³/mol. The van der Waals surface area contributed by atoms with E-state index in [4.69, 9.17) is 16.7 Å². The molecule has 19 heavy (non-hydrogen) atoms. The van der Waals surface area contributed by atoms with E-state index in [9.17, 15) is 9.59 Å². The lowest BCUT2D eigenvalue weighted by Gasteiger charge is -2.14. The fourth-order valence-corrected chi connectivity index (χ4v) is 2.43. The van der Waals surface area contributed by atoms with E-state index in [1.165, 1.54) is 0 Å². The Hall–Kier alpha value is -1.75. The van der Waals surface area contributed by atoms with E-state index in [1.54, 1.807) is 24.3 Å². The first-order valence-corrected chi connectivity index (χ1v) is 6.49. The highest BCUT2D eigenvalue weighted by Gasteiger charge is 2.30. The van der Waals surface area contributed by atoms with Crippen LogP contribution in [0.2, 0.25) is 5.02 Å². The molecule has 0 aromatic heterocycles. The lowest BCUT2D eigenvalue weighted by Crippen LogP contribution is -2.36. The molecule has 0 heterocycles. The summed E-state index contributed by atoms with van der Waals surface area (Å²) in [5, 5.41) is 14.8. The molecule has 2 rings (SSSR count). The van der Waals surface area contributed by atoms with Crippen LogP contribution >= 0.6 is 11.6 Å². The number of hydrogen-bond acceptors (Lipinski definition) is 2. The smallest absolute Gasteiger partial charge is 0.319 e. The average Bonchev–Trinajstić information content (AvgIpc) is 2.80. The zero-order valence-electron chi connectivity index (χ0n) is 10.2. The van der Waals surface area contributed by atoms with Crippen molar-refractivity contribution in [1.29, 1.82) is 0 Å². The summed E-state index contributed by atoms with van der Waals surface area (Å²) < 4.78 is 0. The molecular formula is C13H15ClN2O3. The first kappa shape index (κ1) is 13.7. The number of halogens is 1. The van der Waals surface area contributed by atoms with Crippen molar-refractivity contribution in [2.24, 2.45) is 5.92 Å². The zero-order valence-corrected chi connectivity index (χ0v) is 11.0. The van der Waals surface area contributed by atoms with Crippen LogP contribution in [-0.2, 0) is 4.79 Å². The van der Waals surface area contributed by atoms with Crippen molar-refractivity contribution in [3.05, 3.63) is 29.3 Å². The maximum absolute atomic E-state index is 11.8. The van der Waals surface area contributed by atoms with Gasteiger partial charge in [-0.05, 0) is 31.4 Å². The van der Waals surface area contributed by atoms with Gasteiger partial charge in [-0.25, -0.2) is 4.79 Å². The van der Waals surface area contributed by atoms with E-state index in [0.717, 1.165) is 0 Å². The molecule has 6 heteroatoms. The third-order valence-electron chi connectivity index (χ3n) is 3.24. The molecule has 102 valence electrons. The van der Waals surface area contributed by atoms with Crippen molar-refractivity contribution < 1.29 is 14.7 Å². The number of carboxylic acids is 1. The van der Waals surface area contributed by atoms with E-state index in [1.807, 2.05) is 0 Å². The lowest BCUT2D eigenvalue weighted by atomic mass is 10.1. The first-order valence-electron chi connectivity index (χ1n) is 6.11. The van der Waals surface area contributed by atoms with Gasteiger partial charge in [-0.3, -0.25) is 4.79 Å². The standard InChI is InChI=1S/C13H15ClN2O3/c14-10-3-1-2-4-11(10)16-13(19)15-9-6-5-8(7-9)12(17)18/h1-4,8-9H,5-7H2,(H,17,18)(H2,15,16,19)/t8-,9+/m1/s1.